The van der Waals surface area contributed by atoms with Crippen LogP contribution >= 0.6 is 11.6 Å². The van der Waals surface area contributed by atoms with Gasteiger partial charge in [-0.15, -0.1) is 0 Å². The highest BCUT2D eigenvalue weighted by Gasteiger charge is 2.06. The molecule has 0 aliphatic rings. The lowest BCUT2D eigenvalue weighted by molar-refractivity contribution is 0.738. The maximum Gasteiger partial charge on any atom is 0.0737 e. The summed E-state index contributed by atoms with van der Waals surface area (Å²) in [7, 11) is 1.95. The molecule has 4 nitrogen and oxygen atoms in total. The van der Waals surface area contributed by atoms with Gasteiger partial charge >= 0.3 is 0 Å². The van der Waals surface area contributed by atoms with Crippen molar-refractivity contribution in [2.75, 3.05) is 5.32 Å². The molecule has 102 valence electrons. The number of aryl methyl sites for hydroxylation is 1. The molecule has 0 atom stereocenters. The minimum atomic E-state index is 0.699. The van der Waals surface area contributed by atoms with E-state index in [0.29, 0.717) is 5.02 Å². The number of anilines is 1. The average Bonchev–Trinajstić information content (AvgIpc) is 2.76. The SMILES string of the molecule is Cc1c(CNc2ccnc3cc(Cl)ccc23)cnn1C. The summed E-state index contributed by atoms with van der Waals surface area (Å²) in [5.74, 6) is 0. The summed E-state index contributed by atoms with van der Waals surface area (Å²) in [6.45, 7) is 2.80. The lowest BCUT2D eigenvalue weighted by Gasteiger charge is -2.09. The zero-order chi connectivity index (χ0) is 14.1. The molecule has 2 heterocycles. The largest absolute Gasteiger partial charge is 0.380 e. The summed E-state index contributed by atoms with van der Waals surface area (Å²) in [5, 5.41) is 9.46. The quantitative estimate of drug-likeness (QED) is 0.801. The van der Waals surface area contributed by atoms with Crippen molar-refractivity contribution < 1.29 is 0 Å². The number of hydrogen-bond acceptors (Lipinski definition) is 3. The predicted octanol–water partition coefficient (Wildman–Crippen LogP) is 3.54. The van der Waals surface area contributed by atoms with Gasteiger partial charge in [0.2, 0.25) is 0 Å². The van der Waals surface area contributed by atoms with E-state index < -0.39 is 0 Å². The number of hydrogen-bond donors (Lipinski definition) is 1. The van der Waals surface area contributed by atoms with Crippen molar-refractivity contribution in [2.24, 2.45) is 7.05 Å². The van der Waals surface area contributed by atoms with E-state index in [1.54, 1.807) is 6.20 Å². The zero-order valence-corrected chi connectivity index (χ0v) is 12.1. The Labute approximate surface area is 122 Å². The Morgan fingerprint density at radius 3 is 2.90 bits per heavy atom. The molecule has 0 saturated carbocycles. The maximum absolute atomic E-state index is 6.00. The molecule has 0 amide bonds. The lowest BCUT2D eigenvalue weighted by atomic mass is 10.2. The number of benzene rings is 1. The van der Waals surface area contributed by atoms with Gasteiger partial charge in [0.25, 0.3) is 0 Å². The molecule has 5 heteroatoms. The Kier molecular flexibility index (Phi) is 3.32. The van der Waals surface area contributed by atoms with Crippen LogP contribution in [0.2, 0.25) is 5.02 Å². The van der Waals surface area contributed by atoms with E-state index >= 15 is 0 Å². The molecule has 1 N–H and O–H groups in total. The van der Waals surface area contributed by atoms with Crippen LogP contribution in [-0.2, 0) is 13.6 Å². The molecule has 3 aromatic rings. The number of nitrogens with zero attached hydrogens (tertiary/aromatic N) is 3. The van der Waals surface area contributed by atoms with Gasteiger partial charge in [0.1, 0.15) is 0 Å². The van der Waals surface area contributed by atoms with E-state index in [1.165, 1.54) is 11.3 Å². The number of pyridine rings is 1. The predicted molar refractivity (Wildman–Crippen MR) is 82.0 cm³/mol. The second-order valence-electron chi connectivity index (χ2n) is 4.75. The van der Waals surface area contributed by atoms with Gasteiger partial charge in [-0.1, -0.05) is 11.6 Å². The van der Waals surface area contributed by atoms with Gasteiger partial charge in [0.15, 0.2) is 0 Å². The Bertz CT molecular complexity index is 764. The molecule has 3 rings (SSSR count). The van der Waals surface area contributed by atoms with Crippen LogP contribution in [0.5, 0.6) is 0 Å². The third-order valence-corrected chi connectivity index (χ3v) is 3.75. The summed E-state index contributed by atoms with van der Waals surface area (Å²) in [6.07, 6.45) is 3.68. The first-order chi connectivity index (χ1) is 9.65. The van der Waals surface area contributed by atoms with Gasteiger partial charge in [-0.05, 0) is 31.2 Å². The Balaban J connectivity index is 1.89. The molecule has 0 aliphatic heterocycles. The topological polar surface area (TPSA) is 42.7 Å². The van der Waals surface area contributed by atoms with E-state index in [1.807, 2.05) is 42.2 Å². The summed E-state index contributed by atoms with van der Waals surface area (Å²) in [4.78, 5) is 4.34. The van der Waals surface area contributed by atoms with E-state index in [2.05, 4.69) is 22.3 Å². The number of aromatic nitrogens is 3. The molecular weight excluding hydrogens is 272 g/mol. The van der Waals surface area contributed by atoms with Crippen LogP contribution in [0.4, 0.5) is 5.69 Å². The van der Waals surface area contributed by atoms with Crippen molar-refractivity contribution in [2.45, 2.75) is 13.5 Å². The van der Waals surface area contributed by atoms with Gasteiger partial charge in [-0.3, -0.25) is 9.67 Å². The standard InChI is InChI=1S/C15H15ClN4/c1-10-11(9-19-20(10)2)8-18-14-5-6-17-15-7-12(16)3-4-13(14)15/h3-7,9H,8H2,1-2H3,(H,17,18). The van der Waals surface area contributed by atoms with Crippen molar-refractivity contribution in [3.05, 3.63) is 52.9 Å². The van der Waals surface area contributed by atoms with Gasteiger partial charge in [-0.25, -0.2) is 0 Å². The fourth-order valence-corrected chi connectivity index (χ4v) is 2.35. The highest BCUT2D eigenvalue weighted by Crippen LogP contribution is 2.24. The molecule has 20 heavy (non-hydrogen) atoms. The van der Waals surface area contributed by atoms with Gasteiger partial charge < -0.3 is 5.32 Å². The molecule has 1 aromatic carbocycles. The van der Waals surface area contributed by atoms with Crippen LogP contribution in [0.25, 0.3) is 10.9 Å². The summed E-state index contributed by atoms with van der Waals surface area (Å²) in [6, 6.07) is 7.72. The van der Waals surface area contributed by atoms with Crippen LogP contribution < -0.4 is 5.32 Å². The minimum absolute atomic E-state index is 0.699. The number of halogens is 1. The second-order valence-corrected chi connectivity index (χ2v) is 5.19. The molecule has 0 fully saturated rings. The monoisotopic (exact) mass is 286 g/mol. The zero-order valence-electron chi connectivity index (χ0n) is 11.4. The highest BCUT2D eigenvalue weighted by atomic mass is 35.5. The van der Waals surface area contributed by atoms with Crippen LogP contribution in [0, 0.1) is 6.92 Å². The van der Waals surface area contributed by atoms with Gasteiger partial charge in [-0.2, -0.15) is 5.10 Å². The number of rotatable bonds is 3. The summed E-state index contributed by atoms with van der Waals surface area (Å²) in [5.41, 5.74) is 4.30. The first kappa shape index (κ1) is 12.9. The number of fused-ring (bicyclic) bond motifs is 1. The second kappa shape index (κ2) is 5.13. The molecular formula is C15H15ClN4. The van der Waals surface area contributed by atoms with Crippen LogP contribution in [-0.4, -0.2) is 14.8 Å². The van der Waals surface area contributed by atoms with Crippen LogP contribution in [0.3, 0.4) is 0 Å². The molecule has 2 aromatic heterocycles. The Morgan fingerprint density at radius 1 is 1.30 bits per heavy atom. The maximum atomic E-state index is 6.00. The Hall–Kier alpha value is -2.07. The van der Waals surface area contributed by atoms with E-state index in [4.69, 9.17) is 11.6 Å². The molecule has 0 saturated heterocycles. The van der Waals surface area contributed by atoms with E-state index in [9.17, 15) is 0 Å². The first-order valence-corrected chi connectivity index (χ1v) is 6.78. The molecule has 0 unspecified atom stereocenters. The van der Waals surface area contributed by atoms with E-state index in [0.717, 1.165) is 23.1 Å². The Morgan fingerprint density at radius 2 is 2.15 bits per heavy atom. The third kappa shape index (κ3) is 2.34. The number of nitrogens with one attached hydrogen (secondary N) is 1. The highest BCUT2D eigenvalue weighted by molar-refractivity contribution is 6.31. The fourth-order valence-electron chi connectivity index (χ4n) is 2.18. The molecule has 0 radical (unpaired) electrons. The third-order valence-electron chi connectivity index (χ3n) is 3.51. The summed E-state index contributed by atoms with van der Waals surface area (Å²) < 4.78 is 1.88. The molecule has 0 aliphatic carbocycles. The normalized spacial score (nSPS) is 10.9. The smallest absolute Gasteiger partial charge is 0.0737 e. The van der Waals surface area contributed by atoms with Crippen molar-refractivity contribution in [3.8, 4) is 0 Å². The van der Waals surface area contributed by atoms with Crippen molar-refractivity contribution in [1.29, 1.82) is 0 Å². The van der Waals surface area contributed by atoms with Crippen LogP contribution in [0.1, 0.15) is 11.3 Å². The molecule has 0 spiro atoms. The fraction of sp³-hybridized carbons (Fsp3) is 0.200. The van der Waals surface area contributed by atoms with Gasteiger partial charge in [0.05, 0.1) is 11.7 Å². The van der Waals surface area contributed by atoms with Crippen LogP contribution in [0.15, 0.2) is 36.7 Å². The first-order valence-electron chi connectivity index (χ1n) is 6.41. The average molecular weight is 287 g/mol. The summed E-state index contributed by atoms with van der Waals surface area (Å²) >= 11 is 6.00. The van der Waals surface area contributed by atoms with Crippen molar-refractivity contribution >= 4 is 28.2 Å². The van der Waals surface area contributed by atoms with Crippen molar-refractivity contribution in [1.82, 2.24) is 14.8 Å². The lowest BCUT2D eigenvalue weighted by Crippen LogP contribution is -2.02. The van der Waals surface area contributed by atoms with Crippen molar-refractivity contribution in [3.63, 3.8) is 0 Å². The van der Waals surface area contributed by atoms with E-state index in [-0.39, 0.29) is 0 Å². The van der Waals surface area contributed by atoms with Gasteiger partial charge in [0, 0.05) is 47.1 Å². The molecule has 0 bridgehead atoms. The minimum Gasteiger partial charge on any atom is -0.380 e.